The molecule has 0 N–H and O–H groups in total. The molecule has 0 aliphatic heterocycles. The van der Waals surface area contributed by atoms with Crippen molar-refractivity contribution in [2.24, 2.45) is 0 Å². The lowest BCUT2D eigenvalue weighted by Crippen LogP contribution is -2.23. The molecule has 0 amide bonds. The fraction of sp³-hybridized carbons (Fsp3) is 0.240. The van der Waals surface area contributed by atoms with Crippen LogP contribution in [0.1, 0.15) is 29.3 Å². The van der Waals surface area contributed by atoms with Gasteiger partial charge in [-0.25, -0.2) is 14.6 Å². The molecule has 0 bridgehead atoms. The van der Waals surface area contributed by atoms with Gasteiger partial charge in [0, 0.05) is 25.1 Å². The minimum absolute atomic E-state index is 0.0357. The normalized spacial score (nSPS) is 12.7. The van der Waals surface area contributed by atoms with Gasteiger partial charge >= 0.3 is 24.0 Å². The van der Waals surface area contributed by atoms with Crippen molar-refractivity contribution in [3.05, 3.63) is 81.8 Å². The van der Waals surface area contributed by atoms with Gasteiger partial charge in [0.25, 0.3) is 0 Å². The number of halogens is 6. The number of ether oxygens (including phenoxy) is 2. The van der Waals surface area contributed by atoms with Crippen molar-refractivity contribution in [2.75, 3.05) is 13.7 Å². The smallest absolute Gasteiger partial charge is 0.416 e. The molecule has 4 aromatic rings. The number of esters is 1. The number of nitrogens with zero attached hydrogens (tertiary/aromatic N) is 5. The third-order valence-electron chi connectivity index (χ3n) is 5.47. The summed E-state index contributed by atoms with van der Waals surface area (Å²) >= 11 is 0. The van der Waals surface area contributed by atoms with E-state index in [1.165, 1.54) is 19.4 Å². The number of hydrogen-bond acceptors (Lipinski definition) is 7. The molecule has 0 saturated heterocycles. The van der Waals surface area contributed by atoms with E-state index in [-0.39, 0.29) is 30.4 Å². The van der Waals surface area contributed by atoms with Crippen LogP contribution in [0.3, 0.4) is 0 Å². The van der Waals surface area contributed by atoms with Crippen molar-refractivity contribution in [1.82, 2.24) is 24.3 Å². The first-order chi connectivity index (χ1) is 18.8. The lowest BCUT2D eigenvalue weighted by molar-refractivity contribution is -0.143. The minimum Gasteiger partial charge on any atom is -0.462 e. The topological polar surface area (TPSA) is 101 Å². The second-order valence-corrected chi connectivity index (χ2v) is 8.26. The highest BCUT2D eigenvalue weighted by Gasteiger charge is 2.37. The number of carbonyl (C=O) groups excluding carboxylic acids is 1. The monoisotopic (exact) mass is 567 g/mol. The highest BCUT2D eigenvalue weighted by molar-refractivity contribution is 6.20. The zero-order chi connectivity index (χ0) is 29.2. The number of pyridine rings is 2. The molecule has 40 heavy (non-hydrogen) atoms. The van der Waals surface area contributed by atoms with Gasteiger partial charge in [0.15, 0.2) is 0 Å². The fourth-order valence-corrected chi connectivity index (χ4v) is 3.66. The van der Waals surface area contributed by atoms with E-state index in [4.69, 9.17) is 9.47 Å². The van der Waals surface area contributed by atoms with Crippen LogP contribution in [0.2, 0.25) is 0 Å². The predicted molar refractivity (Wildman–Crippen MR) is 129 cm³/mol. The maximum atomic E-state index is 13.3. The Morgan fingerprint density at radius 1 is 1.00 bits per heavy atom. The number of methoxy groups -OCH3 is 1. The second-order valence-electron chi connectivity index (χ2n) is 8.26. The molecule has 0 spiro atoms. The SMILES string of the molecule is CCOC(=O)/C(=C/n1cnn(-c2cc(C(F)(F)F)cc(C(F)(F)F)c2)c1=O)c1cnc2ccc(COC)nc2c1. The van der Waals surface area contributed by atoms with Gasteiger partial charge in [-0.15, -0.1) is 0 Å². The van der Waals surface area contributed by atoms with Crippen LogP contribution in [0.4, 0.5) is 26.3 Å². The first-order valence-electron chi connectivity index (χ1n) is 11.4. The Morgan fingerprint density at radius 2 is 1.68 bits per heavy atom. The summed E-state index contributed by atoms with van der Waals surface area (Å²) in [7, 11) is 1.49. The van der Waals surface area contributed by atoms with Crippen molar-refractivity contribution >= 4 is 28.8 Å². The predicted octanol–water partition coefficient (Wildman–Crippen LogP) is 4.72. The number of aromatic nitrogens is 5. The van der Waals surface area contributed by atoms with Gasteiger partial charge < -0.3 is 9.47 Å². The number of rotatable bonds is 7. The second kappa shape index (κ2) is 10.9. The molecule has 0 aliphatic carbocycles. The highest BCUT2D eigenvalue weighted by atomic mass is 19.4. The Morgan fingerprint density at radius 3 is 2.27 bits per heavy atom. The lowest BCUT2D eigenvalue weighted by Gasteiger charge is -2.13. The third kappa shape index (κ3) is 6.03. The molecular formula is C25H19F6N5O4. The van der Waals surface area contributed by atoms with Crippen LogP contribution in [0, 0.1) is 0 Å². The maximum Gasteiger partial charge on any atom is 0.416 e. The van der Waals surface area contributed by atoms with Crippen molar-refractivity contribution in [3.63, 3.8) is 0 Å². The molecule has 15 heteroatoms. The quantitative estimate of drug-likeness (QED) is 0.181. The molecule has 0 unspecified atom stereocenters. The molecule has 0 atom stereocenters. The summed E-state index contributed by atoms with van der Waals surface area (Å²) in [5, 5.41) is 3.66. The van der Waals surface area contributed by atoms with Crippen LogP contribution in [-0.2, 0) is 33.2 Å². The first-order valence-corrected chi connectivity index (χ1v) is 11.4. The Bertz CT molecular complexity index is 1620. The number of carbonyl (C=O) groups is 1. The molecule has 0 saturated carbocycles. The standard InChI is InChI=1S/C25H19F6N5O4/c1-3-40-22(37)19(14-6-21-20(32-10-14)5-4-17(34-21)12-39-2)11-35-13-33-36(23(35)38)18-8-15(24(26,27)28)7-16(9-18)25(29,30)31/h4-11,13H,3,12H2,1-2H3/b19-11+. The van der Waals surface area contributed by atoms with Crippen molar-refractivity contribution < 1.29 is 40.6 Å². The van der Waals surface area contributed by atoms with E-state index in [1.54, 1.807) is 19.1 Å². The Kier molecular flexibility index (Phi) is 7.77. The molecule has 4 rings (SSSR count). The maximum absolute atomic E-state index is 13.3. The average molecular weight is 567 g/mol. The lowest BCUT2D eigenvalue weighted by atomic mass is 10.1. The van der Waals surface area contributed by atoms with Crippen LogP contribution < -0.4 is 5.69 Å². The number of fused-ring (bicyclic) bond motifs is 1. The molecular weight excluding hydrogens is 548 g/mol. The molecule has 0 fully saturated rings. The van der Waals surface area contributed by atoms with Crippen molar-refractivity contribution in [2.45, 2.75) is 25.9 Å². The molecule has 0 aliphatic rings. The van der Waals surface area contributed by atoms with Gasteiger partial charge in [-0.2, -0.15) is 36.1 Å². The van der Waals surface area contributed by atoms with Crippen molar-refractivity contribution in [1.29, 1.82) is 0 Å². The third-order valence-corrected chi connectivity index (χ3v) is 5.47. The van der Waals surface area contributed by atoms with Crippen LogP contribution in [0.25, 0.3) is 28.5 Å². The van der Waals surface area contributed by atoms with E-state index in [0.29, 0.717) is 33.5 Å². The summed E-state index contributed by atoms with van der Waals surface area (Å²) in [6.07, 6.45) is -7.11. The van der Waals surface area contributed by atoms with Crippen LogP contribution in [0.15, 0.2) is 53.7 Å². The summed E-state index contributed by atoms with van der Waals surface area (Å²) in [6, 6.07) is 5.55. The van der Waals surface area contributed by atoms with Crippen LogP contribution in [0.5, 0.6) is 0 Å². The van der Waals surface area contributed by atoms with Gasteiger partial charge in [-0.3, -0.25) is 9.55 Å². The zero-order valence-corrected chi connectivity index (χ0v) is 20.7. The van der Waals surface area contributed by atoms with E-state index in [0.717, 1.165) is 17.1 Å². The number of alkyl halides is 6. The summed E-state index contributed by atoms with van der Waals surface area (Å²) in [6.45, 7) is 1.72. The molecule has 1 aromatic carbocycles. The van der Waals surface area contributed by atoms with Crippen molar-refractivity contribution in [3.8, 4) is 5.69 Å². The van der Waals surface area contributed by atoms with E-state index in [2.05, 4.69) is 15.1 Å². The zero-order valence-electron chi connectivity index (χ0n) is 20.7. The van der Waals surface area contributed by atoms with Crippen LogP contribution in [-0.4, -0.2) is 44.0 Å². The summed E-state index contributed by atoms with van der Waals surface area (Å²) in [5.41, 5.74) is -3.75. The van der Waals surface area contributed by atoms with Gasteiger partial charge in [0.05, 0.1) is 52.3 Å². The Labute approximate surface area is 221 Å². The Hall–Kier alpha value is -4.53. The van der Waals surface area contributed by atoms with E-state index < -0.39 is 40.8 Å². The fourth-order valence-electron chi connectivity index (χ4n) is 3.66. The first kappa shape index (κ1) is 28.5. The Balaban J connectivity index is 1.84. The molecule has 9 nitrogen and oxygen atoms in total. The highest BCUT2D eigenvalue weighted by Crippen LogP contribution is 2.36. The summed E-state index contributed by atoms with van der Waals surface area (Å²) in [5.74, 6) is -0.880. The number of hydrogen-bond donors (Lipinski definition) is 0. The van der Waals surface area contributed by atoms with E-state index in [9.17, 15) is 35.9 Å². The molecule has 0 radical (unpaired) electrons. The molecule has 3 aromatic heterocycles. The molecule has 3 heterocycles. The number of benzene rings is 1. The molecule has 210 valence electrons. The van der Waals surface area contributed by atoms with Gasteiger partial charge in [0.2, 0.25) is 0 Å². The van der Waals surface area contributed by atoms with Crippen LogP contribution >= 0.6 is 0 Å². The largest absolute Gasteiger partial charge is 0.462 e. The van der Waals surface area contributed by atoms with E-state index in [1.807, 2.05) is 0 Å². The average Bonchev–Trinajstić information content (AvgIpc) is 3.25. The summed E-state index contributed by atoms with van der Waals surface area (Å²) < 4.78 is 91.0. The minimum atomic E-state index is -5.13. The van der Waals surface area contributed by atoms with E-state index >= 15 is 0 Å². The van der Waals surface area contributed by atoms with Gasteiger partial charge in [-0.05, 0) is 43.3 Å². The van der Waals surface area contributed by atoms with Gasteiger partial charge in [-0.1, -0.05) is 0 Å². The van der Waals surface area contributed by atoms with Gasteiger partial charge in [0.1, 0.15) is 6.33 Å². The summed E-state index contributed by atoms with van der Waals surface area (Å²) in [4.78, 5) is 34.5.